The van der Waals surface area contributed by atoms with Gasteiger partial charge >= 0.3 is 0 Å². The summed E-state index contributed by atoms with van der Waals surface area (Å²) in [6.07, 6.45) is 0. The summed E-state index contributed by atoms with van der Waals surface area (Å²) in [6.45, 7) is 1.35. The number of hydrazone groups is 1. The fraction of sp³-hybridized carbons (Fsp3) is 0.158. The van der Waals surface area contributed by atoms with E-state index in [0.717, 1.165) is 23.1 Å². The Hall–Kier alpha value is -3.73. The fourth-order valence-electron chi connectivity index (χ4n) is 2.49. The number of carbonyl (C=O) groups is 1. The molecule has 154 valence electrons. The SMILES string of the molecule is COc1ccc(-c2nnc(S/C(=N/Nc3ccccc3[N+](=O)[O-])C(C)=O)n2C)cc1. The van der Waals surface area contributed by atoms with Crippen LogP contribution in [-0.4, -0.2) is 37.6 Å². The lowest BCUT2D eigenvalue weighted by Gasteiger charge is -2.06. The van der Waals surface area contributed by atoms with Gasteiger partial charge in [-0.1, -0.05) is 12.1 Å². The Labute approximate surface area is 176 Å². The van der Waals surface area contributed by atoms with Gasteiger partial charge in [-0.15, -0.1) is 10.2 Å². The number of methoxy groups -OCH3 is 1. The third-order valence-electron chi connectivity index (χ3n) is 4.05. The molecular formula is C19H18N6O4S. The summed E-state index contributed by atoms with van der Waals surface area (Å²) in [5.74, 6) is 1.01. The molecule has 11 heteroatoms. The number of Topliss-reactive ketones (excluding diaryl/α,β-unsaturated/α-hetero) is 1. The van der Waals surface area contributed by atoms with Crippen LogP contribution in [0.3, 0.4) is 0 Å². The van der Waals surface area contributed by atoms with E-state index in [1.165, 1.54) is 19.1 Å². The second-order valence-corrected chi connectivity index (χ2v) is 7.01. The van der Waals surface area contributed by atoms with E-state index in [9.17, 15) is 14.9 Å². The van der Waals surface area contributed by atoms with Crippen LogP contribution in [0.5, 0.6) is 5.75 Å². The second kappa shape index (κ2) is 9.18. The minimum Gasteiger partial charge on any atom is -0.497 e. The third kappa shape index (κ3) is 4.63. The summed E-state index contributed by atoms with van der Waals surface area (Å²) in [7, 11) is 3.36. The number of hydrogen-bond acceptors (Lipinski definition) is 9. The molecule has 0 atom stereocenters. The number of benzene rings is 2. The van der Waals surface area contributed by atoms with E-state index in [0.29, 0.717) is 11.0 Å². The molecule has 0 aliphatic heterocycles. The standard InChI is InChI=1S/C19H18N6O4S/c1-12(26)18(22-20-15-6-4-5-7-16(15)25(27)28)30-19-23-21-17(24(19)2)13-8-10-14(29-3)11-9-13/h4-11,20H,1-3H3/b22-18+. The number of nitro groups is 1. The number of aromatic nitrogens is 3. The first-order valence-electron chi connectivity index (χ1n) is 8.70. The molecule has 1 aromatic heterocycles. The zero-order chi connectivity index (χ0) is 21.7. The number of thioether (sulfide) groups is 1. The molecule has 3 rings (SSSR count). The van der Waals surface area contributed by atoms with Crippen molar-refractivity contribution in [1.82, 2.24) is 14.8 Å². The number of anilines is 1. The Bertz CT molecular complexity index is 1110. The molecule has 0 radical (unpaired) electrons. The molecule has 0 unspecified atom stereocenters. The molecule has 0 saturated heterocycles. The van der Waals surface area contributed by atoms with E-state index >= 15 is 0 Å². The molecule has 0 saturated carbocycles. The van der Waals surface area contributed by atoms with Crippen molar-refractivity contribution in [1.29, 1.82) is 0 Å². The lowest BCUT2D eigenvalue weighted by Crippen LogP contribution is -2.10. The van der Waals surface area contributed by atoms with Gasteiger partial charge in [-0.25, -0.2) is 0 Å². The molecule has 1 N–H and O–H groups in total. The number of nitro benzene ring substituents is 1. The van der Waals surface area contributed by atoms with Gasteiger partial charge in [0.2, 0.25) is 0 Å². The molecule has 1 heterocycles. The van der Waals surface area contributed by atoms with Crippen LogP contribution in [0, 0.1) is 10.1 Å². The van der Waals surface area contributed by atoms with E-state index in [2.05, 4.69) is 20.7 Å². The molecule has 3 aromatic rings. The summed E-state index contributed by atoms with van der Waals surface area (Å²) >= 11 is 1.01. The third-order valence-corrected chi connectivity index (χ3v) is 5.16. The van der Waals surface area contributed by atoms with Crippen LogP contribution in [0.15, 0.2) is 58.8 Å². The van der Waals surface area contributed by atoms with Crippen LogP contribution in [-0.2, 0) is 11.8 Å². The van der Waals surface area contributed by atoms with Gasteiger partial charge in [0.1, 0.15) is 11.4 Å². The molecule has 0 aliphatic rings. The number of rotatable bonds is 7. The van der Waals surface area contributed by atoms with Gasteiger partial charge in [0.25, 0.3) is 5.69 Å². The molecule has 2 aromatic carbocycles. The highest BCUT2D eigenvalue weighted by atomic mass is 32.2. The van der Waals surface area contributed by atoms with Gasteiger partial charge in [0, 0.05) is 25.6 Å². The normalized spacial score (nSPS) is 11.2. The van der Waals surface area contributed by atoms with Gasteiger partial charge < -0.3 is 9.30 Å². The minimum absolute atomic E-state index is 0.0879. The zero-order valence-corrected chi connectivity index (χ0v) is 17.2. The smallest absolute Gasteiger partial charge is 0.294 e. The van der Waals surface area contributed by atoms with Crippen molar-refractivity contribution >= 4 is 34.0 Å². The zero-order valence-electron chi connectivity index (χ0n) is 16.4. The highest BCUT2D eigenvalue weighted by molar-refractivity contribution is 8.15. The maximum atomic E-state index is 12.1. The van der Waals surface area contributed by atoms with Gasteiger partial charge in [0.15, 0.2) is 21.8 Å². The van der Waals surface area contributed by atoms with Gasteiger partial charge in [-0.3, -0.25) is 20.3 Å². The summed E-state index contributed by atoms with van der Waals surface area (Å²) in [5, 5.41) is 24.0. The van der Waals surface area contributed by atoms with Crippen molar-refractivity contribution in [2.75, 3.05) is 12.5 Å². The highest BCUT2D eigenvalue weighted by Crippen LogP contribution is 2.27. The van der Waals surface area contributed by atoms with Gasteiger partial charge in [-0.2, -0.15) is 5.10 Å². The molecule has 0 amide bonds. The van der Waals surface area contributed by atoms with E-state index < -0.39 is 4.92 Å². The number of nitrogens with zero attached hydrogens (tertiary/aromatic N) is 5. The summed E-state index contributed by atoms with van der Waals surface area (Å²) in [6, 6.07) is 13.4. The van der Waals surface area contributed by atoms with Crippen LogP contribution in [0.4, 0.5) is 11.4 Å². The molecule has 0 fully saturated rings. The number of carbonyl (C=O) groups excluding carboxylic acids is 1. The quantitative estimate of drug-likeness (QED) is 0.200. The topological polar surface area (TPSA) is 125 Å². The fourth-order valence-corrected chi connectivity index (χ4v) is 3.21. The monoisotopic (exact) mass is 426 g/mol. The largest absolute Gasteiger partial charge is 0.497 e. The van der Waals surface area contributed by atoms with Crippen molar-refractivity contribution in [3.8, 4) is 17.1 Å². The summed E-state index contributed by atoms with van der Waals surface area (Å²) in [5.41, 5.74) is 3.47. The van der Waals surface area contributed by atoms with E-state index in [1.54, 1.807) is 30.9 Å². The minimum atomic E-state index is -0.526. The number of ketones is 1. The Balaban J connectivity index is 1.84. The van der Waals surface area contributed by atoms with Crippen LogP contribution < -0.4 is 10.2 Å². The molecule has 0 spiro atoms. The molecule has 0 aliphatic carbocycles. The van der Waals surface area contributed by atoms with Crippen molar-refractivity contribution < 1.29 is 14.5 Å². The van der Waals surface area contributed by atoms with Crippen LogP contribution in [0.2, 0.25) is 0 Å². The maximum absolute atomic E-state index is 12.1. The predicted octanol–water partition coefficient (Wildman–Crippen LogP) is 3.51. The van der Waals surface area contributed by atoms with E-state index in [1.807, 2.05) is 24.3 Å². The first-order valence-corrected chi connectivity index (χ1v) is 9.52. The Morgan fingerprint density at radius 1 is 1.20 bits per heavy atom. The number of nitrogens with one attached hydrogen (secondary N) is 1. The van der Waals surface area contributed by atoms with E-state index in [4.69, 9.17) is 4.74 Å². The van der Waals surface area contributed by atoms with Gasteiger partial charge in [0.05, 0.1) is 12.0 Å². The van der Waals surface area contributed by atoms with Gasteiger partial charge in [-0.05, 0) is 42.1 Å². The Morgan fingerprint density at radius 2 is 1.90 bits per heavy atom. The van der Waals surface area contributed by atoms with Crippen LogP contribution >= 0.6 is 11.8 Å². The Kier molecular flexibility index (Phi) is 6.42. The van der Waals surface area contributed by atoms with Crippen molar-refractivity contribution in [2.24, 2.45) is 12.1 Å². The molecular weight excluding hydrogens is 408 g/mol. The summed E-state index contributed by atoms with van der Waals surface area (Å²) in [4.78, 5) is 22.7. The summed E-state index contributed by atoms with van der Waals surface area (Å²) < 4.78 is 6.89. The van der Waals surface area contributed by atoms with Crippen molar-refractivity contribution in [3.63, 3.8) is 0 Å². The van der Waals surface area contributed by atoms with Crippen LogP contribution in [0.25, 0.3) is 11.4 Å². The lowest BCUT2D eigenvalue weighted by atomic mass is 10.2. The molecule has 10 nitrogen and oxygen atoms in total. The molecule has 0 bridgehead atoms. The average Bonchev–Trinajstić information content (AvgIpc) is 3.11. The van der Waals surface area contributed by atoms with Crippen molar-refractivity contribution in [3.05, 3.63) is 58.6 Å². The number of para-hydroxylation sites is 2. The predicted molar refractivity (Wildman–Crippen MR) is 114 cm³/mol. The highest BCUT2D eigenvalue weighted by Gasteiger charge is 2.18. The van der Waals surface area contributed by atoms with Crippen molar-refractivity contribution in [2.45, 2.75) is 12.1 Å². The van der Waals surface area contributed by atoms with E-state index in [-0.39, 0.29) is 22.2 Å². The molecule has 30 heavy (non-hydrogen) atoms. The lowest BCUT2D eigenvalue weighted by molar-refractivity contribution is -0.384. The first kappa shape index (κ1) is 21.0. The van der Waals surface area contributed by atoms with Crippen LogP contribution in [0.1, 0.15) is 6.92 Å². The first-order chi connectivity index (χ1) is 14.4. The Morgan fingerprint density at radius 3 is 2.53 bits per heavy atom. The number of ether oxygens (including phenoxy) is 1. The maximum Gasteiger partial charge on any atom is 0.294 e. The average molecular weight is 426 g/mol. The number of hydrogen-bond donors (Lipinski definition) is 1. The second-order valence-electron chi connectivity index (χ2n) is 6.05.